The SMILES string of the molecule is CCCN1CC2(CC(C(=O)NCCCCCOC)C2)C1. The summed E-state index contributed by atoms with van der Waals surface area (Å²) < 4.78 is 5.01. The zero-order chi connectivity index (χ0) is 14.4. The highest BCUT2D eigenvalue weighted by Crippen LogP contribution is 2.51. The number of rotatable bonds is 9. The van der Waals surface area contributed by atoms with Gasteiger partial charge < -0.3 is 15.0 Å². The van der Waals surface area contributed by atoms with Gasteiger partial charge in [-0.1, -0.05) is 6.92 Å². The van der Waals surface area contributed by atoms with Gasteiger partial charge in [-0.05, 0) is 50.5 Å². The molecule has 2 aliphatic rings. The Kier molecular flexibility index (Phi) is 5.85. The number of hydrogen-bond donors (Lipinski definition) is 1. The maximum atomic E-state index is 12.0. The van der Waals surface area contributed by atoms with Crippen LogP contribution in [0.3, 0.4) is 0 Å². The molecule has 0 atom stereocenters. The smallest absolute Gasteiger partial charge is 0.223 e. The summed E-state index contributed by atoms with van der Waals surface area (Å²) in [6.07, 6.45) is 6.76. The Balaban J connectivity index is 1.50. The second-order valence-electron chi connectivity index (χ2n) is 6.66. The number of hydrogen-bond acceptors (Lipinski definition) is 3. The van der Waals surface area contributed by atoms with Gasteiger partial charge in [-0.15, -0.1) is 0 Å². The third-order valence-electron chi connectivity index (χ3n) is 4.71. The summed E-state index contributed by atoms with van der Waals surface area (Å²) in [5.74, 6) is 0.578. The first-order chi connectivity index (χ1) is 9.69. The van der Waals surface area contributed by atoms with Crippen LogP contribution in [0.2, 0.25) is 0 Å². The van der Waals surface area contributed by atoms with E-state index in [1.54, 1.807) is 7.11 Å². The highest BCUT2D eigenvalue weighted by Gasteiger charge is 2.53. The first kappa shape index (κ1) is 15.8. The van der Waals surface area contributed by atoms with Gasteiger partial charge in [0, 0.05) is 39.3 Å². The van der Waals surface area contributed by atoms with Gasteiger partial charge in [0.2, 0.25) is 5.91 Å². The van der Waals surface area contributed by atoms with E-state index in [1.165, 1.54) is 26.1 Å². The molecule has 1 heterocycles. The third-order valence-corrected chi connectivity index (χ3v) is 4.71. The number of amides is 1. The predicted octanol–water partition coefficient (Wildman–Crippen LogP) is 2.04. The summed E-state index contributed by atoms with van der Waals surface area (Å²) >= 11 is 0. The maximum Gasteiger partial charge on any atom is 0.223 e. The molecule has 1 spiro atoms. The van der Waals surface area contributed by atoms with E-state index in [-0.39, 0.29) is 11.8 Å². The van der Waals surface area contributed by atoms with Crippen molar-refractivity contribution in [3.8, 4) is 0 Å². The second kappa shape index (κ2) is 7.41. The van der Waals surface area contributed by atoms with Crippen molar-refractivity contribution >= 4 is 5.91 Å². The first-order valence-corrected chi connectivity index (χ1v) is 8.18. The summed E-state index contributed by atoms with van der Waals surface area (Å²) in [4.78, 5) is 14.5. The fourth-order valence-corrected chi connectivity index (χ4v) is 3.71. The van der Waals surface area contributed by atoms with E-state index >= 15 is 0 Å². The Labute approximate surface area is 123 Å². The van der Waals surface area contributed by atoms with Crippen LogP contribution in [0.1, 0.15) is 45.4 Å². The number of likely N-dealkylation sites (tertiary alicyclic amines) is 1. The third kappa shape index (κ3) is 3.95. The average Bonchev–Trinajstić information content (AvgIpc) is 2.34. The van der Waals surface area contributed by atoms with E-state index in [9.17, 15) is 4.79 Å². The van der Waals surface area contributed by atoms with Crippen molar-refractivity contribution in [2.45, 2.75) is 45.4 Å². The fourth-order valence-electron chi connectivity index (χ4n) is 3.71. The molecule has 0 aromatic carbocycles. The van der Waals surface area contributed by atoms with E-state index in [1.807, 2.05) is 0 Å². The average molecular weight is 282 g/mol. The van der Waals surface area contributed by atoms with Crippen molar-refractivity contribution in [3.63, 3.8) is 0 Å². The lowest BCUT2D eigenvalue weighted by Crippen LogP contribution is -2.63. The minimum atomic E-state index is 0.288. The lowest BCUT2D eigenvalue weighted by Gasteiger charge is -2.58. The highest BCUT2D eigenvalue weighted by molar-refractivity contribution is 5.79. The zero-order valence-electron chi connectivity index (χ0n) is 13.1. The van der Waals surface area contributed by atoms with Crippen LogP contribution in [0.25, 0.3) is 0 Å². The largest absolute Gasteiger partial charge is 0.385 e. The molecule has 1 saturated heterocycles. The van der Waals surface area contributed by atoms with Gasteiger partial charge >= 0.3 is 0 Å². The van der Waals surface area contributed by atoms with Crippen LogP contribution in [-0.2, 0) is 9.53 Å². The molecule has 20 heavy (non-hydrogen) atoms. The minimum Gasteiger partial charge on any atom is -0.385 e. The van der Waals surface area contributed by atoms with Crippen molar-refractivity contribution in [2.75, 3.05) is 39.9 Å². The van der Waals surface area contributed by atoms with E-state index in [0.717, 1.165) is 45.3 Å². The van der Waals surface area contributed by atoms with E-state index in [4.69, 9.17) is 4.74 Å². The normalized spacial score (nSPS) is 21.5. The molecule has 0 radical (unpaired) electrons. The van der Waals surface area contributed by atoms with E-state index < -0.39 is 0 Å². The van der Waals surface area contributed by atoms with Gasteiger partial charge in [-0.2, -0.15) is 0 Å². The monoisotopic (exact) mass is 282 g/mol. The number of nitrogens with zero attached hydrogens (tertiary/aromatic N) is 1. The Bertz CT molecular complexity index is 306. The number of nitrogens with one attached hydrogen (secondary N) is 1. The molecule has 0 aromatic rings. The first-order valence-electron chi connectivity index (χ1n) is 8.18. The molecule has 0 bridgehead atoms. The van der Waals surface area contributed by atoms with Crippen LogP contribution in [0.5, 0.6) is 0 Å². The molecule has 116 valence electrons. The van der Waals surface area contributed by atoms with Crippen LogP contribution in [-0.4, -0.2) is 50.7 Å². The molecule has 1 amide bonds. The predicted molar refractivity (Wildman–Crippen MR) is 80.6 cm³/mol. The van der Waals surface area contributed by atoms with Crippen molar-refractivity contribution in [1.29, 1.82) is 0 Å². The van der Waals surface area contributed by atoms with Gasteiger partial charge in [0.05, 0.1) is 0 Å². The standard InChI is InChI=1S/C16H30N2O2/c1-3-8-18-12-16(13-18)10-14(11-16)15(19)17-7-5-4-6-9-20-2/h14H,3-13H2,1-2H3,(H,17,19). The lowest BCUT2D eigenvalue weighted by atomic mass is 9.57. The molecule has 0 aromatic heterocycles. The molecule has 0 unspecified atom stereocenters. The maximum absolute atomic E-state index is 12.0. The Morgan fingerprint density at radius 3 is 2.70 bits per heavy atom. The van der Waals surface area contributed by atoms with Crippen molar-refractivity contribution < 1.29 is 9.53 Å². The van der Waals surface area contributed by atoms with Crippen molar-refractivity contribution in [1.82, 2.24) is 10.2 Å². The minimum absolute atomic E-state index is 0.288. The number of methoxy groups -OCH3 is 1. The summed E-state index contributed by atoms with van der Waals surface area (Å²) in [6, 6.07) is 0. The number of unbranched alkanes of at least 4 members (excludes halogenated alkanes) is 2. The fraction of sp³-hybridized carbons (Fsp3) is 0.938. The van der Waals surface area contributed by atoms with Crippen LogP contribution < -0.4 is 5.32 Å². The Morgan fingerprint density at radius 1 is 1.30 bits per heavy atom. The second-order valence-corrected chi connectivity index (χ2v) is 6.66. The molecule has 1 aliphatic carbocycles. The van der Waals surface area contributed by atoms with Crippen molar-refractivity contribution in [2.24, 2.45) is 11.3 Å². The van der Waals surface area contributed by atoms with Gasteiger partial charge in [0.25, 0.3) is 0 Å². The molecule has 1 saturated carbocycles. The molecular formula is C16H30N2O2. The molecular weight excluding hydrogens is 252 g/mol. The van der Waals surface area contributed by atoms with Gasteiger partial charge in [0.1, 0.15) is 0 Å². The Morgan fingerprint density at radius 2 is 2.05 bits per heavy atom. The van der Waals surface area contributed by atoms with E-state index in [0.29, 0.717) is 5.41 Å². The van der Waals surface area contributed by atoms with Crippen LogP contribution in [0, 0.1) is 11.3 Å². The topological polar surface area (TPSA) is 41.6 Å². The highest BCUT2D eigenvalue weighted by atomic mass is 16.5. The molecule has 1 aliphatic heterocycles. The molecule has 2 fully saturated rings. The molecule has 1 N–H and O–H groups in total. The summed E-state index contributed by atoms with van der Waals surface area (Å²) in [6.45, 7) is 7.55. The summed E-state index contributed by atoms with van der Waals surface area (Å²) in [5, 5.41) is 3.09. The molecule has 2 rings (SSSR count). The number of ether oxygens (including phenoxy) is 1. The summed E-state index contributed by atoms with van der Waals surface area (Å²) in [5.41, 5.74) is 0.510. The Hall–Kier alpha value is -0.610. The van der Waals surface area contributed by atoms with Gasteiger partial charge in [-0.3, -0.25) is 4.79 Å². The van der Waals surface area contributed by atoms with Crippen LogP contribution >= 0.6 is 0 Å². The van der Waals surface area contributed by atoms with Crippen LogP contribution in [0.4, 0.5) is 0 Å². The van der Waals surface area contributed by atoms with E-state index in [2.05, 4.69) is 17.1 Å². The van der Waals surface area contributed by atoms with Gasteiger partial charge in [-0.25, -0.2) is 0 Å². The van der Waals surface area contributed by atoms with Crippen LogP contribution in [0.15, 0.2) is 0 Å². The lowest BCUT2D eigenvalue weighted by molar-refractivity contribution is -0.144. The quantitative estimate of drug-likeness (QED) is 0.658. The van der Waals surface area contributed by atoms with Gasteiger partial charge in [0.15, 0.2) is 0 Å². The van der Waals surface area contributed by atoms with Crippen molar-refractivity contribution in [3.05, 3.63) is 0 Å². The summed E-state index contributed by atoms with van der Waals surface area (Å²) in [7, 11) is 1.73. The number of carbonyl (C=O) groups is 1. The molecule has 4 heteroatoms. The molecule has 4 nitrogen and oxygen atoms in total. The zero-order valence-corrected chi connectivity index (χ0v) is 13.1. The number of carbonyl (C=O) groups excluding carboxylic acids is 1.